The van der Waals surface area contributed by atoms with Gasteiger partial charge in [0.05, 0.1) is 7.11 Å². The van der Waals surface area contributed by atoms with E-state index in [-0.39, 0.29) is 6.04 Å². The monoisotopic (exact) mass is 213 g/mol. The van der Waals surface area contributed by atoms with Crippen LogP contribution in [-0.2, 0) is 6.42 Å². The normalized spacial score (nSPS) is 12.6. The van der Waals surface area contributed by atoms with Crippen LogP contribution in [0.3, 0.4) is 0 Å². The molecule has 3 heteroatoms. The third kappa shape index (κ3) is 2.63. The highest BCUT2D eigenvalue weighted by Crippen LogP contribution is 2.27. The third-order valence-corrected chi connectivity index (χ3v) is 2.62. The molecule has 1 aromatic carbocycles. The molecule has 2 nitrogen and oxygen atoms in total. The Bertz CT molecular complexity index is 323. The van der Waals surface area contributed by atoms with Crippen LogP contribution in [0.15, 0.2) is 12.1 Å². The fourth-order valence-corrected chi connectivity index (χ4v) is 1.61. The first-order valence-electron chi connectivity index (χ1n) is 4.63. The molecule has 0 saturated carbocycles. The highest BCUT2D eigenvalue weighted by molar-refractivity contribution is 6.32. The molecule has 0 saturated heterocycles. The molecule has 0 heterocycles. The number of halogens is 1. The minimum Gasteiger partial charge on any atom is -0.497 e. The highest BCUT2D eigenvalue weighted by Gasteiger charge is 2.08. The Morgan fingerprint density at radius 3 is 2.64 bits per heavy atom. The molecule has 14 heavy (non-hydrogen) atoms. The molecule has 0 radical (unpaired) electrons. The van der Waals surface area contributed by atoms with E-state index in [0.717, 1.165) is 28.3 Å². The van der Waals surface area contributed by atoms with Crippen molar-refractivity contribution in [1.82, 2.24) is 0 Å². The quantitative estimate of drug-likeness (QED) is 0.838. The first kappa shape index (κ1) is 11.3. The number of nitrogens with two attached hydrogens (primary N) is 1. The van der Waals surface area contributed by atoms with E-state index in [1.807, 2.05) is 26.0 Å². The first-order valence-corrected chi connectivity index (χ1v) is 5.01. The molecule has 2 N–H and O–H groups in total. The van der Waals surface area contributed by atoms with Gasteiger partial charge in [-0.25, -0.2) is 0 Å². The molecular weight excluding hydrogens is 198 g/mol. The number of aryl methyl sites for hydroxylation is 1. The van der Waals surface area contributed by atoms with Gasteiger partial charge in [0.25, 0.3) is 0 Å². The van der Waals surface area contributed by atoms with E-state index in [0.29, 0.717) is 0 Å². The van der Waals surface area contributed by atoms with E-state index in [9.17, 15) is 0 Å². The number of methoxy groups -OCH3 is 1. The van der Waals surface area contributed by atoms with Gasteiger partial charge in [0.2, 0.25) is 0 Å². The average Bonchev–Trinajstić information content (AvgIpc) is 2.11. The lowest BCUT2D eigenvalue weighted by Crippen LogP contribution is -2.18. The van der Waals surface area contributed by atoms with Crippen LogP contribution in [0.4, 0.5) is 0 Å². The van der Waals surface area contributed by atoms with Crippen molar-refractivity contribution in [1.29, 1.82) is 0 Å². The molecular formula is C11H16ClNO. The van der Waals surface area contributed by atoms with Crippen LogP contribution in [0.25, 0.3) is 0 Å². The van der Waals surface area contributed by atoms with Crippen LogP contribution in [0, 0.1) is 6.92 Å². The van der Waals surface area contributed by atoms with Crippen molar-refractivity contribution in [3.63, 3.8) is 0 Å². The van der Waals surface area contributed by atoms with Crippen molar-refractivity contribution < 1.29 is 4.74 Å². The summed E-state index contributed by atoms with van der Waals surface area (Å²) in [5, 5.41) is 0.795. The Morgan fingerprint density at radius 1 is 1.50 bits per heavy atom. The van der Waals surface area contributed by atoms with E-state index in [1.165, 1.54) is 0 Å². The molecule has 1 rings (SSSR count). The maximum atomic E-state index is 6.16. The molecule has 0 aliphatic carbocycles. The van der Waals surface area contributed by atoms with Crippen molar-refractivity contribution in [2.75, 3.05) is 7.11 Å². The molecule has 78 valence electrons. The van der Waals surface area contributed by atoms with Crippen LogP contribution in [0.1, 0.15) is 18.1 Å². The summed E-state index contributed by atoms with van der Waals surface area (Å²) in [6.07, 6.45) is 0.775. The molecule has 1 unspecified atom stereocenters. The van der Waals surface area contributed by atoms with Gasteiger partial charge in [-0.3, -0.25) is 0 Å². The number of rotatable bonds is 3. The molecule has 0 spiro atoms. The van der Waals surface area contributed by atoms with Crippen LogP contribution in [0.5, 0.6) is 5.75 Å². The summed E-state index contributed by atoms with van der Waals surface area (Å²) in [4.78, 5) is 0. The topological polar surface area (TPSA) is 35.2 Å². The van der Waals surface area contributed by atoms with Gasteiger partial charge < -0.3 is 10.5 Å². The Labute approximate surface area is 90.0 Å². The van der Waals surface area contributed by atoms with Crippen molar-refractivity contribution in [2.24, 2.45) is 5.73 Å². The lowest BCUT2D eigenvalue weighted by atomic mass is 10.0. The van der Waals surface area contributed by atoms with Crippen molar-refractivity contribution in [3.8, 4) is 5.75 Å². The van der Waals surface area contributed by atoms with Crippen LogP contribution < -0.4 is 10.5 Å². The Kier molecular flexibility index (Phi) is 3.78. The Morgan fingerprint density at radius 2 is 2.14 bits per heavy atom. The summed E-state index contributed by atoms with van der Waals surface area (Å²) >= 11 is 6.16. The van der Waals surface area contributed by atoms with Crippen LogP contribution in [-0.4, -0.2) is 13.2 Å². The third-order valence-electron chi connectivity index (χ3n) is 2.08. The number of benzene rings is 1. The molecule has 0 aliphatic rings. The minimum atomic E-state index is 0.110. The molecule has 0 amide bonds. The number of hydrogen-bond donors (Lipinski definition) is 1. The summed E-state index contributed by atoms with van der Waals surface area (Å²) in [6.45, 7) is 3.93. The summed E-state index contributed by atoms with van der Waals surface area (Å²) in [5.41, 5.74) is 7.82. The highest BCUT2D eigenvalue weighted by atomic mass is 35.5. The summed E-state index contributed by atoms with van der Waals surface area (Å²) in [7, 11) is 1.65. The second kappa shape index (κ2) is 4.67. The van der Waals surface area contributed by atoms with Crippen LogP contribution in [0.2, 0.25) is 5.02 Å². The van der Waals surface area contributed by atoms with Crippen molar-refractivity contribution in [3.05, 3.63) is 28.3 Å². The lowest BCUT2D eigenvalue weighted by Gasteiger charge is -2.11. The van der Waals surface area contributed by atoms with E-state index >= 15 is 0 Å². The van der Waals surface area contributed by atoms with Crippen molar-refractivity contribution in [2.45, 2.75) is 26.3 Å². The molecule has 0 bridgehead atoms. The van der Waals surface area contributed by atoms with E-state index in [2.05, 4.69) is 0 Å². The Balaban J connectivity index is 3.07. The van der Waals surface area contributed by atoms with E-state index < -0.39 is 0 Å². The van der Waals surface area contributed by atoms with Gasteiger partial charge in [0, 0.05) is 11.1 Å². The van der Waals surface area contributed by atoms with Crippen molar-refractivity contribution >= 4 is 11.6 Å². The van der Waals surface area contributed by atoms with Gasteiger partial charge in [-0.2, -0.15) is 0 Å². The fourth-order valence-electron chi connectivity index (χ4n) is 1.42. The average molecular weight is 214 g/mol. The van der Waals surface area contributed by atoms with Gasteiger partial charge in [-0.05, 0) is 43.5 Å². The largest absolute Gasteiger partial charge is 0.497 e. The zero-order chi connectivity index (χ0) is 10.7. The molecule has 1 atom stereocenters. The second-order valence-electron chi connectivity index (χ2n) is 3.60. The minimum absolute atomic E-state index is 0.110. The van der Waals surface area contributed by atoms with Crippen LogP contribution >= 0.6 is 11.6 Å². The van der Waals surface area contributed by atoms with Gasteiger partial charge in [0.1, 0.15) is 5.75 Å². The Hall–Kier alpha value is -0.730. The first-order chi connectivity index (χ1) is 6.54. The number of hydrogen-bond acceptors (Lipinski definition) is 2. The lowest BCUT2D eigenvalue weighted by molar-refractivity contribution is 0.414. The summed E-state index contributed by atoms with van der Waals surface area (Å²) in [5.74, 6) is 0.836. The smallest absolute Gasteiger partial charge is 0.119 e. The molecule has 0 fully saturated rings. The van der Waals surface area contributed by atoms with E-state index in [4.69, 9.17) is 22.1 Å². The van der Waals surface area contributed by atoms with Gasteiger partial charge in [0.15, 0.2) is 0 Å². The summed E-state index contributed by atoms with van der Waals surface area (Å²) in [6, 6.07) is 3.98. The van der Waals surface area contributed by atoms with Gasteiger partial charge in [-0.1, -0.05) is 11.6 Å². The zero-order valence-electron chi connectivity index (χ0n) is 8.80. The predicted molar refractivity (Wildman–Crippen MR) is 60.1 cm³/mol. The standard InChI is InChI=1S/C11H16ClNO/c1-7-4-10(14-3)6-9(11(7)12)5-8(2)13/h4,6,8H,5,13H2,1-3H3. The SMILES string of the molecule is COc1cc(C)c(Cl)c(CC(C)N)c1. The second-order valence-corrected chi connectivity index (χ2v) is 3.98. The number of ether oxygens (including phenoxy) is 1. The fraction of sp³-hybridized carbons (Fsp3) is 0.455. The van der Waals surface area contributed by atoms with Gasteiger partial charge >= 0.3 is 0 Å². The molecule has 0 aliphatic heterocycles. The maximum absolute atomic E-state index is 6.16. The van der Waals surface area contributed by atoms with Gasteiger partial charge in [-0.15, -0.1) is 0 Å². The van der Waals surface area contributed by atoms with E-state index in [1.54, 1.807) is 7.11 Å². The molecule has 0 aromatic heterocycles. The summed E-state index contributed by atoms with van der Waals surface area (Å²) < 4.78 is 5.17. The predicted octanol–water partition coefficient (Wildman–Crippen LogP) is 2.55. The zero-order valence-corrected chi connectivity index (χ0v) is 9.56. The molecule has 1 aromatic rings. The maximum Gasteiger partial charge on any atom is 0.119 e.